The summed E-state index contributed by atoms with van der Waals surface area (Å²) in [5, 5.41) is -5.14. The van der Waals surface area contributed by atoms with E-state index in [-0.39, 0.29) is 0 Å². The molecule has 2 nitrogen and oxygen atoms in total. The molecule has 66 valence electrons. The highest BCUT2D eigenvalue weighted by Crippen LogP contribution is 2.19. The molecule has 0 aliphatic carbocycles. The molecule has 0 aromatic carbocycles. The van der Waals surface area contributed by atoms with Crippen molar-refractivity contribution in [2.45, 2.75) is 5.25 Å². The van der Waals surface area contributed by atoms with Gasteiger partial charge in [0.25, 0.3) is 0 Å². The number of rotatable bonds is 4. The SMILES string of the molecule is O=C(Cl)CS(=O)C(F)(F)CF. The van der Waals surface area contributed by atoms with Crippen LogP contribution in [0.2, 0.25) is 0 Å². The second kappa shape index (κ2) is 4.06. The van der Waals surface area contributed by atoms with Crippen molar-refractivity contribution in [2.75, 3.05) is 12.4 Å². The summed E-state index contributed by atoms with van der Waals surface area (Å²) in [6.07, 6.45) is 0. The lowest BCUT2D eigenvalue weighted by atomic mass is 10.8. The third-order valence-electron chi connectivity index (χ3n) is 0.733. The van der Waals surface area contributed by atoms with Crippen LogP contribution in [0.1, 0.15) is 0 Å². The quantitative estimate of drug-likeness (QED) is 0.648. The lowest BCUT2D eigenvalue weighted by Gasteiger charge is -2.08. The summed E-state index contributed by atoms with van der Waals surface area (Å²) in [6.45, 7) is -2.05. The van der Waals surface area contributed by atoms with E-state index in [4.69, 9.17) is 0 Å². The smallest absolute Gasteiger partial charge is 0.280 e. The Kier molecular flexibility index (Phi) is 4.02. The molecule has 0 saturated carbocycles. The van der Waals surface area contributed by atoms with Crippen LogP contribution in [0.5, 0.6) is 0 Å². The van der Waals surface area contributed by atoms with Crippen molar-refractivity contribution in [1.82, 2.24) is 0 Å². The molecular weight excluding hydrogens is 205 g/mol. The summed E-state index contributed by atoms with van der Waals surface area (Å²) in [5.41, 5.74) is 0. The highest BCUT2D eigenvalue weighted by Gasteiger charge is 2.37. The van der Waals surface area contributed by atoms with E-state index in [1.54, 1.807) is 0 Å². The number of halogens is 4. The molecular formula is C4H4ClF3O2S. The van der Waals surface area contributed by atoms with Crippen LogP contribution in [0.15, 0.2) is 0 Å². The molecule has 0 N–H and O–H groups in total. The zero-order chi connectivity index (χ0) is 9.07. The molecule has 1 atom stereocenters. The van der Waals surface area contributed by atoms with Crippen molar-refractivity contribution < 1.29 is 22.2 Å². The second-order valence-corrected chi connectivity index (χ2v) is 3.61. The summed E-state index contributed by atoms with van der Waals surface area (Å²) >= 11 is 4.65. The standard InChI is InChI=1S/C4H4ClF3O2S/c5-3(9)1-11(10)4(7,8)2-6/h1-2H2. The Hall–Kier alpha value is -0.100. The zero-order valence-corrected chi connectivity index (χ0v) is 6.72. The van der Waals surface area contributed by atoms with E-state index < -0.39 is 33.7 Å². The normalized spacial score (nSPS) is 14.5. The first-order chi connectivity index (χ1) is 4.90. The zero-order valence-electron chi connectivity index (χ0n) is 5.15. The lowest BCUT2D eigenvalue weighted by Crippen LogP contribution is -2.29. The fourth-order valence-corrected chi connectivity index (χ4v) is 1.11. The fraction of sp³-hybridized carbons (Fsp3) is 0.750. The lowest BCUT2D eigenvalue weighted by molar-refractivity contribution is -0.109. The first kappa shape index (κ1) is 10.9. The van der Waals surface area contributed by atoms with E-state index >= 15 is 0 Å². The molecule has 7 heteroatoms. The molecule has 0 heterocycles. The Labute approximate surface area is 68.2 Å². The van der Waals surface area contributed by atoms with Gasteiger partial charge in [-0.3, -0.25) is 9.00 Å². The van der Waals surface area contributed by atoms with Crippen LogP contribution in [-0.4, -0.2) is 27.1 Å². The van der Waals surface area contributed by atoms with Gasteiger partial charge in [-0.25, -0.2) is 4.39 Å². The molecule has 0 amide bonds. The van der Waals surface area contributed by atoms with Gasteiger partial charge in [0.2, 0.25) is 5.24 Å². The van der Waals surface area contributed by atoms with Gasteiger partial charge in [0.05, 0.1) is 0 Å². The summed E-state index contributed by atoms with van der Waals surface area (Å²) in [7, 11) is -2.85. The van der Waals surface area contributed by atoms with Crippen LogP contribution in [0.25, 0.3) is 0 Å². The molecule has 11 heavy (non-hydrogen) atoms. The molecule has 0 aromatic rings. The van der Waals surface area contributed by atoms with Gasteiger partial charge >= 0.3 is 5.25 Å². The Bertz CT molecular complexity index is 184. The molecule has 0 aliphatic rings. The third kappa shape index (κ3) is 3.71. The van der Waals surface area contributed by atoms with Gasteiger partial charge in [-0.1, -0.05) is 0 Å². The Balaban J connectivity index is 4.13. The Morgan fingerprint density at radius 2 is 2.00 bits per heavy atom. The molecule has 1 unspecified atom stereocenters. The van der Waals surface area contributed by atoms with E-state index in [0.717, 1.165) is 0 Å². The van der Waals surface area contributed by atoms with E-state index in [1.165, 1.54) is 0 Å². The Morgan fingerprint density at radius 3 is 2.27 bits per heavy atom. The number of alkyl halides is 3. The van der Waals surface area contributed by atoms with E-state index in [0.29, 0.717) is 0 Å². The number of hydrogen-bond donors (Lipinski definition) is 0. The number of carbonyl (C=O) groups excluding carboxylic acids is 1. The second-order valence-electron chi connectivity index (χ2n) is 1.62. The summed E-state index contributed by atoms with van der Waals surface area (Å²) < 4.78 is 45.7. The molecule has 0 spiro atoms. The maximum Gasteiger partial charge on any atom is 0.349 e. The van der Waals surface area contributed by atoms with Crippen molar-refractivity contribution in [1.29, 1.82) is 0 Å². The predicted octanol–water partition coefficient (Wildman–Crippen LogP) is 1.06. The fourth-order valence-electron chi connectivity index (χ4n) is 0.270. The van der Waals surface area contributed by atoms with E-state index in [1.807, 2.05) is 0 Å². The molecule has 0 bridgehead atoms. The van der Waals surface area contributed by atoms with E-state index in [9.17, 15) is 22.2 Å². The Morgan fingerprint density at radius 1 is 1.55 bits per heavy atom. The van der Waals surface area contributed by atoms with Crippen molar-refractivity contribution in [2.24, 2.45) is 0 Å². The predicted molar refractivity (Wildman–Crippen MR) is 34.8 cm³/mol. The minimum Gasteiger partial charge on any atom is -0.280 e. The van der Waals surface area contributed by atoms with Crippen LogP contribution in [0.4, 0.5) is 13.2 Å². The monoisotopic (exact) mass is 208 g/mol. The van der Waals surface area contributed by atoms with Gasteiger partial charge in [0, 0.05) is 0 Å². The van der Waals surface area contributed by atoms with Crippen LogP contribution in [0, 0.1) is 0 Å². The maximum absolute atomic E-state index is 12.0. The van der Waals surface area contributed by atoms with Gasteiger partial charge in [-0.2, -0.15) is 8.78 Å². The van der Waals surface area contributed by atoms with Crippen molar-refractivity contribution in [3.63, 3.8) is 0 Å². The van der Waals surface area contributed by atoms with Gasteiger partial charge in [-0.05, 0) is 11.6 Å². The molecule has 0 saturated heterocycles. The average Bonchev–Trinajstić information content (AvgIpc) is 1.86. The number of hydrogen-bond acceptors (Lipinski definition) is 2. The summed E-state index contributed by atoms with van der Waals surface area (Å²) in [6, 6.07) is 0. The minimum atomic E-state index is -3.97. The van der Waals surface area contributed by atoms with Gasteiger partial charge < -0.3 is 0 Å². The van der Waals surface area contributed by atoms with E-state index in [2.05, 4.69) is 11.6 Å². The van der Waals surface area contributed by atoms with Crippen LogP contribution in [0.3, 0.4) is 0 Å². The van der Waals surface area contributed by atoms with Gasteiger partial charge in [0.1, 0.15) is 16.6 Å². The van der Waals surface area contributed by atoms with Crippen LogP contribution >= 0.6 is 11.6 Å². The summed E-state index contributed by atoms with van der Waals surface area (Å²) in [5.74, 6) is -1.03. The molecule has 0 aliphatic heterocycles. The summed E-state index contributed by atoms with van der Waals surface area (Å²) in [4.78, 5) is 9.93. The highest BCUT2D eigenvalue weighted by atomic mass is 35.5. The molecule has 0 rings (SSSR count). The first-order valence-corrected chi connectivity index (χ1v) is 4.10. The van der Waals surface area contributed by atoms with Crippen molar-refractivity contribution in [3.8, 4) is 0 Å². The van der Waals surface area contributed by atoms with Gasteiger partial charge in [0.15, 0.2) is 6.67 Å². The third-order valence-corrected chi connectivity index (χ3v) is 2.33. The largest absolute Gasteiger partial charge is 0.349 e. The van der Waals surface area contributed by atoms with Gasteiger partial charge in [-0.15, -0.1) is 0 Å². The molecule has 0 fully saturated rings. The van der Waals surface area contributed by atoms with Crippen LogP contribution in [-0.2, 0) is 15.6 Å². The highest BCUT2D eigenvalue weighted by molar-refractivity contribution is 7.87. The molecule has 0 radical (unpaired) electrons. The maximum atomic E-state index is 12.0. The minimum absolute atomic E-state index is 1.03. The first-order valence-electron chi connectivity index (χ1n) is 2.40. The van der Waals surface area contributed by atoms with Crippen LogP contribution < -0.4 is 0 Å². The average molecular weight is 209 g/mol. The molecule has 0 aromatic heterocycles. The topological polar surface area (TPSA) is 34.1 Å². The number of carbonyl (C=O) groups is 1. The van der Waals surface area contributed by atoms with Crippen molar-refractivity contribution >= 4 is 27.6 Å². The van der Waals surface area contributed by atoms with Crippen molar-refractivity contribution in [3.05, 3.63) is 0 Å².